The molecule has 0 N–H and O–H groups in total. The second-order valence-corrected chi connectivity index (χ2v) is 6.89. The topological polar surface area (TPSA) is 46.6 Å². The van der Waals surface area contributed by atoms with Gasteiger partial charge in [0.1, 0.15) is 15.7 Å². The molecule has 0 radical (unpaired) electrons. The van der Waals surface area contributed by atoms with Crippen LogP contribution in [0.2, 0.25) is 10.0 Å². The Morgan fingerprint density at radius 1 is 1.32 bits per heavy atom. The molecule has 0 amide bonds. The molecule has 7 heteroatoms. The fourth-order valence-corrected chi connectivity index (χ4v) is 3.77. The van der Waals surface area contributed by atoms with E-state index in [4.69, 9.17) is 27.9 Å². The van der Waals surface area contributed by atoms with Crippen LogP contribution in [0.5, 0.6) is 5.75 Å². The number of methoxy groups -OCH3 is 1. The summed E-state index contributed by atoms with van der Waals surface area (Å²) < 4.78 is 31.2. The molecule has 108 valence electrons. The Morgan fingerprint density at radius 3 is 2.37 bits per heavy atom. The maximum Gasteiger partial charge on any atom is 0.244 e. The highest BCUT2D eigenvalue weighted by Gasteiger charge is 2.28. The van der Waals surface area contributed by atoms with Crippen molar-refractivity contribution in [1.29, 1.82) is 0 Å². The molecule has 0 aliphatic heterocycles. The first kappa shape index (κ1) is 16.6. The third-order valence-corrected chi connectivity index (χ3v) is 6.09. The van der Waals surface area contributed by atoms with E-state index < -0.39 is 10.0 Å². The van der Waals surface area contributed by atoms with Crippen LogP contribution in [0.25, 0.3) is 0 Å². The van der Waals surface area contributed by atoms with E-state index in [9.17, 15) is 8.42 Å². The molecular weight excluding hydrogens is 309 g/mol. The molecule has 0 bridgehead atoms. The van der Waals surface area contributed by atoms with E-state index in [1.54, 1.807) is 0 Å². The van der Waals surface area contributed by atoms with Crippen molar-refractivity contribution < 1.29 is 13.2 Å². The monoisotopic (exact) mass is 325 g/mol. The van der Waals surface area contributed by atoms with Gasteiger partial charge in [-0.1, -0.05) is 30.1 Å². The molecule has 1 aromatic rings. The molecule has 0 aliphatic rings. The van der Waals surface area contributed by atoms with Crippen molar-refractivity contribution in [2.24, 2.45) is 0 Å². The predicted octanol–water partition coefficient (Wildman–Crippen LogP) is 3.42. The van der Waals surface area contributed by atoms with Gasteiger partial charge in [0.05, 0.1) is 12.1 Å². The van der Waals surface area contributed by atoms with E-state index in [0.29, 0.717) is 12.2 Å². The van der Waals surface area contributed by atoms with Crippen molar-refractivity contribution in [2.75, 3.05) is 14.2 Å². The Morgan fingerprint density at radius 2 is 1.89 bits per heavy atom. The lowest BCUT2D eigenvalue weighted by atomic mass is 10.3. The first-order chi connectivity index (χ1) is 8.77. The summed E-state index contributed by atoms with van der Waals surface area (Å²) in [5.41, 5.74) is 0. The molecule has 1 aromatic carbocycles. The summed E-state index contributed by atoms with van der Waals surface area (Å²) in [5, 5.41) is 0.0824. The van der Waals surface area contributed by atoms with Crippen LogP contribution in [-0.2, 0) is 10.0 Å². The average Bonchev–Trinajstić information content (AvgIpc) is 2.39. The third-order valence-electron chi connectivity index (χ3n) is 3.10. The average molecular weight is 326 g/mol. The first-order valence-electron chi connectivity index (χ1n) is 5.77. The summed E-state index contributed by atoms with van der Waals surface area (Å²) in [6, 6.07) is 2.77. The predicted molar refractivity (Wildman–Crippen MR) is 77.7 cm³/mol. The van der Waals surface area contributed by atoms with Gasteiger partial charge in [0, 0.05) is 13.1 Å². The second-order valence-electron chi connectivity index (χ2n) is 4.17. The van der Waals surface area contributed by atoms with Gasteiger partial charge in [-0.2, -0.15) is 4.31 Å². The highest BCUT2D eigenvalue weighted by molar-refractivity contribution is 7.89. The fraction of sp³-hybridized carbons (Fsp3) is 0.500. The third kappa shape index (κ3) is 3.16. The van der Waals surface area contributed by atoms with Crippen LogP contribution < -0.4 is 4.74 Å². The summed E-state index contributed by atoms with van der Waals surface area (Å²) in [5.74, 6) is 0.344. The minimum absolute atomic E-state index is 0.0113. The van der Waals surface area contributed by atoms with Crippen LogP contribution >= 0.6 is 23.2 Å². The molecule has 1 atom stereocenters. The van der Waals surface area contributed by atoms with Crippen LogP contribution in [0.15, 0.2) is 17.0 Å². The zero-order valence-corrected chi connectivity index (χ0v) is 13.6. The smallest absolute Gasteiger partial charge is 0.244 e. The zero-order valence-electron chi connectivity index (χ0n) is 11.3. The molecule has 0 saturated heterocycles. The normalized spacial score (nSPS) is 13.6. The van der Waals surface area contributed by atoms with Gasteiger partial charge in [0.2, 0.25) is 10.0 Å². The quantitative estimate of drug-likeness (QED) is 0.833. The number of nitrogens with zero attached hydrogens (tertiary/aromatic N) is 1. The fourth-order valence-electron chi connectivity index (χ4n) is 1.52. The largest absolute Gasteiger partial charge is 0.495 e. The Labute approximate surface area is 124 Å². The lowest BCUT2D eigenvalue weighted by Gasteiger charge is -2.24. The number of ether oxygens (including phenoxy) is 1. The molecule has 0 heterocycles. The number of hydrogen-bond acceptors (Lipinski definition) is 3. The van der Waals surface area contributed by atoms with Crippen LogP contribution in [-0.4, -0.2) is 32.9 Å². The number of halogens is 2. The van der Waals surface area contributed by atoms with E-state index >= 15 is 0 Å². The Balaban J connectivity index is 3.34. The van der Waals surface area contributed by atoms with Crippen LogP contribution in [0, 0.1) is 0 Å². The molecule has 19 heavy (non-hydrogen) atoms. The van der Waals surface area contributed by atoms with Gasteiger partial charge in [0.15, 0.2) is 0 Å². The van der Waals surface area contributed by atoms with Crippen molar-refractivity contribution in [1.82, 2.24) is 4.31 Å². The van der Waals surface area contributed by atoms with Gasteiger partial charge in [-0.25, -0.2) is 8.42 Å². The summed E-state index contributed by atoms with van der Waals surface area (Å²) in [4.78, 5) is -0.0113. The Kier molecular flexibility index (Phi) is 5.50. The number of benzene rings is 1. The molecule has 0 aliphatic carbocycles. The molecule has 0 saturated carbocycles. The van der Waals surface area contributed by atoms with Crippen LogP contribution in [0.3, 0.4) is 0 Å². The van der Waals surface area contributed by atoms with Gasteiger partial charge in [-0.3, -0.25) is 0 Å². The van der Waals surface area contributed by atoms with Crippen molar-refractivity contribution in [3.8, 4) is 5.75 Å². The maximum absolute atomic E-state index is 12.4. The molecule has 0 unspecified atom stereocenters. The molecular formula is C12H17Cl2NO3S. The maximum atomic E-state index is 12.4. The van der Waals surface area contributed by atoms with E-state index in [1.165, 1.54) is 30.6 Å². The SMILES string of the molecule is CC[C@@H](C)N(C)S(=O)(=O)c1ccc(OC)c(Cl)c1Cl. The summed E-state index contributed by atoms with van der Waals surface area (Å²) >= 11 is 12.0. The molecule has 0 fully saturated rings. The number of sulfonamides is 1. The van der Waals surface area contributed by atoms with Gasteiger partial charge in [-0.05, 0) is 25.5 Å². The minimum atomic E-state index is -3.67. The van der Waals surface area contributed by atoms with E-state index in [1.807, 2.05) is 13.8 Å². The zero-order chi connectivity index (χ0) is 14.8. The van der Waals surface area contributed by atoms with Crippen molar-refractivity contribution in [2.45, 2.75) is 31.2 Å². The van der Waals surface area contributed by atoms with Gasteiger partial charge in [-0.15, -0.1) is 0 Å². The highest BCUT2D eigenvalue weighted by Crippen LogP contribution is 2.37. The van der Waals surface area contributed by atoms with E-state index in [0.717, 1.165) is 0 Å². The summed E-state index contributed by atoms with van der Waals surface area (Å²) in [7, 11) is -0.700. The lowest BCUT2D eigenvalue weighted by Crippen LogP contribution is -2.34. The first-order valence-corrected chi connectivity index (χ1v) is 7.97. The van der Waals surface area contributed by atoms with Crippen molar-refractivity contribution in [3.63, 3.8) is 0 Å². The number of hydrogen-bond donors (Lipinski definition) is 0. The molecule has 0 spiro atoms. The standard InChI is InChI=1S/C12H17Cl2NO3S/c1-5-8(2)15(3)19(16,17)10-7-6-9(18-4)11(13)12(10)14/h6-8H,5H2,1-4H3/t8-/m1/s1. The van der Waals surface area contributed by atoms with Crippen molar-refractivity contribution in [3.05, 3.63) is 22.2 Å². The summed E-state index contributed by atoms with van der Waals surface area (Å²) in [6.07, 6.45) is 0.706. The van der Waals surface area contributed by atoms with Gasteiger partial charge < -0.3 is 4.74 Å². The van der Waals surface area contributed by atoms with Crippen molar-refractivity contribution >= 4 is 33.2 Å². The molecule has 0 aromatic heterocycles. The van der Waals surface area contributed by atoms with E-state index in [2.05, 4.69) is 0 Å². The summed E-state index contributed by atoms with van der Waals surface area (Å²) in [6.45, 7) is 3.75. The second kappa shape index (κ2) is 6.31. The van der Waals surface area contributed by atoms with Crippen LogP contribution in [0.4, 0.5) is 0 Å². The van der Waals surface area contributed by atoms with Gasteiger partial charge >= 0.3 is 0 Å². The minimum Gasteiger partial charge on any atom is -0.495 e. The number of rotatable bonds is 5. The van der Waals surface area contributed by atoms with Gasteiger partial charge in [0.25, 0.3) is 0 Å². The Bertz CT molecular complexity index is 560. The highest BCUT2D eigenvalue weighted by atomic mass is 35.5. The van der Waals surface area contributed by atoms with Crippen LogP contribution in [0.1, 0.15) is 20.3 Å². The lowest BCUT2D eigenvalue weighted by molar-refractivity contribution is 0.380. The Hall–Kier alpha value is -0.490. The van der Waals surface area contributed by atoms with E-state index in [-0.39, 0.29) is 21.0 Å². The molecule has 4 nitrogen and oxygen atoms in total. The molecule has 1 rings (SSSR count).